The average Bonchev–Trinajstić information content (AvgIpc) is 2.36. The molecule has 0 aliphatic heterocycles. The first-order valence-electron chi connectivity index (χ1n) is 5.72. The highest BCUT2D eigenvalue weighted by Gasteiger charge is 2.40. The second-order valence-electron chi connectivity index (χ2n) is 4.05. The fraction of sp³-hybridized carbons (Fsp3) is 0.333. The summed E-state index contributed by atoms with van der Waals surface area (Å²) in [6.07, 6.45) is -7.47. The van der Waals surface area contributed by atoms with Crippen LogP contribution in [-0.4, -0.2) is 29.3 Å². The van der Waals surface area contributed by atoms with Crippen molar-refractivity contribution >= 4 is 18.2 Å². The third-order valence-electron chi connectivity index (χ3n) is 2.49. The Kier molecular flexibility index (Phi) is 5.39. The molecule has 1 unspecified atom stereocenters. The fourth-order valence-electron chi connectivity index (χ4n) is 1.51. The number of carbonyl (C=O) groups excluding carboxylic acids is 3. The van der Waals surface area contributed by atoms with Crippen LogP contribution in [0.25, 0.3) is 0 Å². The lowest BCUT2D eigenvalue weighted by Gasteiger charge is -2.16. The first-order valence-corrected chi connectivity index (χ1v) is 5.72. The van der Waals surface area contributed by atoms with E-state index < -0.39 is 36.8 Å². The maximum atomic E-state index is 12.6. The van der Waals surface area contributed by atoms with Crippen LogP contribution in [0, 0.1) is 5.92 Å². The lowest BCUT2D eigenvalue weighted by molar-refractivity contribution is -0.175. The van der Waals surface area contributed by atoms with E-state index >= 15 is 0 Å². The molecule has 114 valence electrons. The molecular weight excluding hydrogens is 293 g/mol. The number of alkyl halides is 3. The minimum Gasteiger partial charge on any atom is -0.391 e. The van der Waals surface area contributed by atoms with Gasteiger partial charge < -0.3 is 15.3 Å². The number of hydrogen-bond acceptors (Lipinski definition) is 5. The molecule has 1 amide bonds. The number of amides is 1. The van der Waals surface area contributed by atoms with Crippen LogP contribution >= 0.6 is 0 Å². The molecule has 0 spiro atoms. The van der Waals surface area contributed by atoms with Gasteiger partial charge in [-0.05, 0) is 6.07 Å². The summed E-state index contributed by atoms with van der Waals surface area (Å²) in [6, 6.07) is 3.67. The van der Waals surface area contributed by atoms with Gasteiger partial charge in [0.1, 0.15) is 12.0 Å². The van der Waals surface area contributed by atoms with Crippen molar-refractivity contribution in [2.45, 2.75) is 19.0 Å². The van der Waals surface area contributed by atoms with Crippen LogP contribution in [0.4, 0.5) is 18.0 Å². The number of primary amides is 1. The number of rotatable bonds is 6. The number of hydrogen-bond donors (Lipinski definition) is 1. The van der Waals surface area contributed by atoms with Crippen LogP contribution in [-0.2, 0) is 4.79 Å². The van der Waals surface area contributed by atoms with Gasteiger partial charge in [-0.15, -0.1) is 0 Å². The van der Waals surface area contributed by atoms with Crippen LogP contribution in [0.3, 0.4) is 0 Å². The highest BCUT2D eigenvalue weighted by molar-refractivity contribution is 5.94. The van der Waals surface area contributed by atoms with Crippen LogP contribution in [0.15, 0.2) is 18.2 Å². The summed E-state index contributed by atoms with van der Waals surface area (Å²) in [5.74, 6) is -3.30. The molecule has 1 rings (SSSR count). The van der Waals surface area contributed by atoms with E-state index in [1.165, 1.54) is 18.2 Å². The van der Waals surface area contributed by atoms with E-state index in [0.717, 1.165) is 0 Å². The molecule has 0 aliphatic rings. The summed E-state index contributed by atoms with van der Waals surface area (Å²) in [4.78, 5) is 36.1. The zero-order chi connectivity index (χ0) is 16.0. The van der Waals surface area contributed by atoms with Gasteiger partial charge in [-0.2, -0.15) is 13.2 Å². The molecular formula is C12H11F3N2O4. The van der Waals surface area contributed by atoms with Gasteiger partial charge in [-0.3, -0.25) is 4.79 Å². The van der Waals surface area contributed by atoms with Gasteiger partial charge in [0.05, 0.1) is 5.92 Å². The first-order chi connectivity index (χ1) is 9.74. The van der Waals surface area contributed by atoms with E-state index in [-0.39, 0.29) is 17.9 Å². The molecule has 2 N–H and O–H groups in total. The van der Waals surface area contributed by atoms with Crippen LogP contribution in [0.2, 0.25) is 0 Å². The van der Waals surface area contributed by atoms with Crippen molar-refractivity contribution in [3.05, 3.63) is 23.9 Å². The highest BCUT2D eigenvalue weighted by atomic mass is 19.4. The van der Waals surface area contributed by atoms with Gasteiger partial charge in [-0.25, -0.2) is 9.78 Å². The molecule has 21 heavy (non-hydrogen) atoms. The summed E-state index contributed by atoms with van der Waals surface area (Å²) >= 11 is 0. The summed E-state index contributed by atoms with van der Waals surface area (Å²) in [7, 11) is 0. The topological polar surface area (TPSA) is 99.4 Å². The van der Waals surface area contributed by atoms with Crippen molar-refractivity contribution in [2.24, 2.45) is 11.7 Å². The molecule has 1 heterocycles. The summed E-state index contributed by atoms with van der Waals surface area (Å²) in [6.45, 7) is 0. The molecule has 0 aromatic carbocycles. The third kappa shape index (κ3) is 5.21. The minimum atomic E-state index is -4.67. The quantitative estimate of drug-likeness (QED) is 0.639. The summed E-state index contributed by atoms with van der Waals surface area (Å²) < 4.78 is 42.3. The number of carbonyl (C=O) groups is 3. The predicted molar refractivity (Wildman–Crippen MR) is 63.6 cm³/mol. The SMILES string of the molecule is NC(=O)Oc1cccc(C(=O)CC(CC=O)C(F)(F)F)n1. The van der Waals surface area contributed by atoms with Gasteiger partial charge >= 0.3 is 12.3 Å². The normalized spacial score (nSPS) is 12.5. The molecule has 0 saturated carbocycles. The van der Waals surface area contributed by atoms with E-state index in [1.54, 1.807) is 0 Å². The predicted octanol–water partition coefficient (Wildman–Crippen LogP) is 1.88. The van der Waals surface area contributed by atoms with Crippen molar-refractivity contribution < 1.29 is 32.3 Å². The third-order valence-corrected chi connectivity index (χ3v) is 2.49. The Hall–Kier alpha value is -2.45. The van der Waals surface area contributed by atoms with E-state index in [4.69, 9.17) is 5.73 Å². The van der Waals surface area contributed by atoms with Crippen molar-refractivity contribution in [1.29, 1.82) is 0 Å². The maximum Gasteiger partial charge on any atom is 0.411 e. The van der Waals surface area contributed by atoms with Gasteiger partial charge in [0.25, 0.3) is 0 Å². The largest absolute Gasteiger partial charge is 0.411 e. The Bertz CT molecular complexity index is 546. The highest BCUT2D eigenvalue weighted by Crippen LogP contribution is 2.31. The number of pyridine rings is 1. The molecule has 0 fully saturated rings. The Morgan fingerprint density at radius 2 is 2.05 bits per heavy atom. The number of ketones is 1. The van der Waals surface area contributed by atoms with Crippen LogP contribution in [0.1, 0.15) is 23.3 Å². The number of ether oxygens (including phenoxy) is 1. The molecule has 6 nitrogen and oxygen atoms in total. The van der Waals surface area contributed by atoms with Gasteiger partial charge in [0, 0.05) is 18.9 Å². The molecule has 1 aromatic rings. The fourth-order valence-corrected chi connectivity index (χ4v) is 1.51. The van der Waals surface area contributed by atoms with Crippen molar-refractivity contribution in [2.75, 3.05) is 0 Å². The number of aromatic nitrogens is 1. The second kappa shape index (κ2) is 6.82. The Morgan fingerprint density at radius 3 is 2.57 bits per heavy atom. The molecule has 0 saturated heterocycles. The van der Waals surface area contributed by atoms with E-state index in [0.29, 0.717) is 0 Å². The minimum absolute atomic E-state index is 0.103. The van der Waals surface area contributed by atoms with E-state index in [2.05, 4.69) is 9.72 Å². The van der Waals surface area contributed by atoms with Gasteiger partial charge in [-0.1, -0.05) is 6.07 Å². The van der Waals surface area contributed by atoms with Gasteiger partial charge in [0.15, 0.2) is 5.78 Å². The van der Waals surface area contributed by atoms with Crippen LogP contribution < -0.4 is 10.5 Å². The van der Waals surface area contributed by atoms with Gasteiger partial charge in [0.2, 0.25) is 5.88 Å². The lowest BCUT2D eigenvalue weighted by atomic mass is 9.97. The van der Waals surface area contributed by atoms with Crippen LogP contribution in [0.5, 0.6) is 5.88 Å². The molecule has 0 radical (unpaired) electrons. The standard InChI is InChI=1S/C12H11F3N2O4/c13-12(14,15)7(4-5-18)6-9(19)8-2-1-3-10(17-8)21-11(16)20/h1-3,5,7H,4,6H2,(H2,16,20). The smallest absolute Gasteiger partial charge is 0.391 e. The van der Waals surface area contributed by atoms with E-state index in [9.17, 15) is 27.6 Å². The molecule has 9 heteroatoms. The summed E-state index contributed by atoms with van der Waals surface area (Å²) in [5, 5.41) is 0. The maximum absolute atomic E-state index is 12.6. The second-order valence-corrected chi connectivity index (χ2v) is 4.05. The molecule has 1 aromatic heterocycles. The molecule has 0 aliphatic carbocycles. The summed E-state index contributed by atoms with van der Waals surface area (Å²) in [5.41, 5.74) is 4.44. The number of nitrogens with two attached hydrogens (primary N) is 1. The number of Topliss-reactive ketones (excluding diaryl/α,β-unsaturated/α-hetero) is 1. The van der Waals surface area contributed by atoms with Crippen molar-refractivity contribution in [3.8, 4) is 5.88 Å². The average molecular weight is 304 g/mol. The monoisotopic (exact) mass is 304 g/mol. The number of nitrogens with zero attached hydrogens (tertiary/aromatic N) is 1. The molecule has 1 atom stereocenters. The van der Waals surface area contributed by atoms with Crippen molar-refractivity contribution in [1.82, 2.24) is 4.98 Å². The first kappa shape index (κ1) is 16.6. The zero-order valence-corrected chi connectivity index (χ0v) is 10.6. The molecule has 0 bridgehead atoms. The zero-order valence-electron chi connectivity index (χ0n) is 10.6. The Labute approximate surface area is 117 Å². The Morgan fingerprint density at radius 1 is 1.38 bits per heavy atom. The number of aldehydes is 1. The lowest BCUT2D eigenvalue weighted by Crippen LogP contribution is -2.26. The number of halogens is 3. The van der Waals surface area contributed by atoms with E-state index in [1.807, 2.05) is 0 Å². The van der Waals surface area contributed by atoms with Crippen molar-refractivity contribution in [3.63, 3.8) is 0 Å². The Balaban J connectivity index is 2.87.